The molecule has 0 N–H and O–H groups in total. The zero-order chi connectivity index (χ0) is 28.6. The Balaban J connectivity index is 1.46. The number of nitrogens with zero attached hydrogens (tertiary/aromatic N) is 3. The first kappa shape index (κ1) is 24.9. The molecule has 202 valence electrons. The second-order valence-corrected chi connectivity index (χ2v) is 10.5. The monoisotopic (exact) mass is 551 g/mol. The Bertz CT molecular complexity index is 2220. The van der Waals surface area contributed by atoms with Gasteiger partial charge in [0.15, 0.2) is 0 Å². The number of aromatic nitrogens is 3. The number of hydrogen-bond acceptors (Lipinski definition) is 4. The number of fused-ring (bicyclic) bond motifs is 3. The van der Waals surface area contributed by atoms with Gasteiger partial charge in [0.2, 0.25) is 0 Å². The predicted octanol–water partition coefficient (Wildman–Crippen LogP) is 10.1. The van der Waals surface area contributed by atoms with E-state index in [9.17, 15) is 0 Å². The van der Waals surface area contributed by atoms with Crippen LogP contribution in [0.5, 0.6) is 0 Å². The molecule has 0 aliphatic carbocycles. The highest BCUT2D eigenvalue weighted by atomic mass is 16.3. The molecular formula is C39H25N3O. The van der Waals surface area contributed by atoms with E-state index < -0.39 is 0 Å². The molecule has 0 atom stereocenters. The SMILES string of the molecule is c1ccc(-c2nc(-c3cccc(-c4cccnc4)c3)c(-c3cccc4c3oc3ccccc34)nc2-c2ccccc2)cc1. The molecule has 0 saturated heterocycles. The molecule has 4 nitrogen and oxygen atoms in total. The molecule has 3 heterocycles. The molecule has 0 amide bonds. The summed E-state index contributed by atoms with van der Waals surface area (Å²) in [5, 5.41) is 2.13. The van der Waals surface area contributed by atoms with Gasteiger partial charge in [-0.25, -0.2) is 9.97 Å². The second-order valence-electron chi connectivity index (χ2n) is 10.5. The van der Waals surface area contributed by atoms with Gasteiger partial charge in [-0.2, -0.15) is 0 Å². The van der Waals surface area contributed by atoms with Crippen LogP contribution in [0.1, 0.15) is 0 Å². The second kappa shape index (κ2) is 10.5. The molecule has 0 bridgehead atoms. The zero-order valence-electron chi connectivity index (χ0n) is 23.2. The van der Waals surface area contributed by atoms with E-state index in [1.807, 2.05) is 66.9 Å². The maximum atomic E-state index is 6.51. The van der Waals surface area contributed by atoms with Crippen molar-refractivity contribution >= 4 is 21.9 Å². The van der Waals surface area contributed by atoms with Crippen LogP contribution >= 0.6 is 0 Å². The van der Waals surface area contributed by atoms with Crippen LogP contribution in [0, 0.1) is 0 Å². The van der Waals surface area contributed by atoms with Gasteiger partial charge >= 0.3 is 0 Å². The van der Waals surface area contributed by atoms with E-state index in [1.54, 1.807) is 6.20 Å². The van der Waals surface area contributed by atoms with Gasteiger partial charge in [0.05, 0.1) is 17.1 Å². The third kappa shape index (κ3) is 4.46. The summed E-state index contributed by atoms with van der Waals surface area (Å²) >= 11 is 0. The van der Waals surface area contributed by atoms with Crippen LogP contribution in [0.2, 0.25) is 0 Å². The smallest absolute Gasteiger partial charge is 0.144 e. The van der Waals surface area contributed by atoms with Crippen LogP contribution in [-0.2, 0) is 0 Å². The Labute approximate surface area is 249 Å². The molecule has 8 aromatic rings. The van der Waals surface area contributed by atoms with Crippen molar-refractivity contribution in [3.63, 3.8) is 0 Å². The number of benzene rings is 5. The Kier molecular flexibility index (Phi) is 6.08. The van der Waals surface area contributed by atoms with E-state index in [-0.39, 0.29) is 0 Å². The summed E-state index contributed by atoms with van der Waals surface area (Å²) in [4.78, 5) is 15.2. The van der Waals surface area contributed by atoms with Gasteiger partial charge < -0.3 is 4.42 Å². The zero-order valence-corrected chi connectivity index (χ0v) is 23.2. The molecule has 0 saturated carbocycles. The highest BCUT2D eigenvalue weighted by Crippen LogP contribution is 2.42. The topological polar surface area (TPSA) is 51.8 Å². The van der Waals surface area contributed by atoms with Crippen LogP contribution in [-0.4, -0.2) is 15.0 Å². The molecule has 8 rings (SSSR count). The Morgan fingerprint density at radius 2 is 1.00 bits per heavy atom. The Morgan fingerprint density at radius 3 is 1.74 bits per heavy atom. The lowest BCUT2D eigenvalue weighted by atomic mass is 9.96. The molecule has 0 spiro atoms. The average Bonchev–Trinajstić information content (AvgIpc) is 3.48. The van der Waals surface area contributed by atoms with Gasteiger partial charge in [0.1, 0.15) is 16.9 Å². The molecule has 4 heteroatoms. The molecule has 0 aliphatic heterocycles. The first-order chi connectivity index (χ1) is 21.3. The van der Waals surface area contributed by atoms with E-state index in [0.29, 0.717) is 0 Å². The van der Waals surface area contributed by atoms with Crippen molar-refractivity contribution in [3.8, 4) is 56.2 Å². The minimum absolute atomic E-state index is 0.770. The fourth-order valence-corrected chi connectivity index (χ4v) is 5.73. The summed E-state index contributed by atoms with van der Waals surface area (Å²) in [5.41, 5.74) is 10.8. The lowest BCUT2D eigenvalue weighted by Crippen LogP contribution is -2.01. The summed E-state index contributed by atoms with van der Waals surface area (Å²) in [5.74, 6) is 0. The number of hydrogen-bond donors (Lipinski definition) is 0. The van der Waals surface area contributed by atoms with Gasteiger partial charge in [-0.3, -0.25) is 4.98 Å². The summed E-state index contributed by atoms with van der Waals surface area (Å²) in [7, 11) is 0. The van der Waals surface area contributed by atoms with Crippen LogP contribution in [0.15, 0.2) is 156 Å². The van der Waals surface area contributed by atoms with Gasteiger partial charge in [-0.15, -0.1) is 0 Å². The summed E-state index contributed by atoms with van der Waals surface area (Å²) < 4.78 is 6.51. The Morgan fingerprint density at radius 1 is 0.419 bits per heavy atom. The standard InChI is InChI=1S/C39H25N3O/c1-3-12-26(13-4-1)35-36(27-14-5-2-6-15-27)42-38(33-21-10-20-32-31-19-7-8-22-34(31)43-39(32)33)37(41-35)29-17-9-16-28(24-29)30-18-11-23-40-25-30/h1-25H. The predicted molar refractivity (Wildman–Crippen MR) is 174 cm³/mol. The summed E-state index contributed by atoms with van der Waals surface area (Å²) in [6.45, 7) is 0. The largest absolute Gasteiger partial charge is 0.455 e. The summed E-state index contributed by atoms with van der Waals surface area (Å²) in [6.07, 6.45) is 3.67. The molecule has 3 aromatic heterocycles. The van der Waals surface area contributed by atoms with E-state index in [2.05, 4.69) is 83.8 Å². The highest BCUT2D eigenvalue weighted by Gasteiger charge is 2.22. The molecule has 0 radical (unpaired) electrons. The normalized spacial score (nSPS) is 11.3. The van der Waals surface area contributed by atoms with Crippen molar-refractivity contribution in [1.82, 2.24) is 15.0 Å². The molecular weight excluding hydrogens is 526 g/mol. The van der Waals surface area contributed by atoms with Gasteiger partial charge in [0.25, 0.3) is 0 Å². The molecule has 0 unspecified atom stereocenters. The minimum Gasteiger partial charge on any atom is -0.455 e. The van der Waals surface area contributed by atoms with Crippen LogP contribution in [0.4, 0.5) is 0 Å². The number of pyridine rings is 1. The molecule has 5 aromatic carbocycles. The van der Waals surface area contributed by atoms with Crippen LogP contribution < -0.4 is 0 Å². The van der Waals surface area contributed by atoms with Crippen LogP contribution in [0.25, 0.3) is 78.1 Å². The fraction of sp³-hybridized carbons (Fsp3) is 0. The maximum absolute atomic E-state index is 6.51. The lowest BCUT2D eigenvalue weighted by molar-refractivity contribution is 0.670. The van der Waals surface area contributed by atoms with Crippen molar-refractivity contribution in [2.75, 3.05) is 0 Å². The van der Waals surface area contributed by atoms with E-state index >= 15 is 0 Å². The quantitative estimate of drug-likeness (QED) is 0.214. The number of furan rings is 1. The first-order valence-electron chi connectivity index (χ1n) is 14.3. The molecule has 43 heavy (non-hydrogen) atoms. The van der Waals surface area contributed by atoms with Crippen molar-refractivity contribution in [2.45, 2.75) is 0 Å². The van der Waals surface area contributed by atoms with Gasteiger partial charge in [-0.05, 0) is 29.8 Å². The van der Waals surface area contributed by atoms with E-state index in [0.717, 1.165) is 78.1 Å². The van der Waals surface area contributed by atoms with Crippen molar-refractivity contribution in [3.05, 3.63) is 152 Å². The van der Waals surface area contributed by atoms with Gasteiger partial charge in [-0.1, -0.05) is 115 Å². The van der Waals surface area contributed by atoms with E-state index in [1.165, 1.54) is 0 Å². The average molecular weight is 552 g/mol. The molecule has 0 aliphatic rings. The fourth-order valence-electron chi connectivity index (χ4n) is 5.73. The minimum atomic E-state index is 0.770. The van der Waals surface area contributed by atoms with Crippen LogP contribution in [0.3, 0.4) is 0 Å². The van der Waals surface area contributed by atoms with Crippen molar-refractivity contribution < 1.29 is 4.42 Å². The number of rotatable bonds is 5. The van der Waals surface area contributed by atoms with Crippen molar-refractivity contribution in [2.24, 2.45) is 0 Å². The third-order valence-corrected chi connectivity index (χ3v) is 7.78. The lowest BCUT2D eigenvalue weighted by Gasteiger charge is -2.16. The Hall–Kier alpha value is -5.87. The molecule has 0 fully saturated rings. The third-order valence-electron chi connectivity index (χ3n) is 7.78. The summed E-state index contributed by atoms with van der Waals surface area (Å²) in [6, 6.07) is 47.4. The van der Waals surface area contributed by atoms with Crippen molar-refractivity contribution in [1.29, 1.82) is 0 Å². The number of para-hydroxylation sites is 2. The maximum Gasteiger partial charge on any atom is 0.144 e. The van der Waals surface area contributed by atoms with Gasteiger partial charge in [0, 0.05) is 51.0 Å². The first-order valence-corrected chi connectivity index (χ1v) is 14.3. The van der Waals surface area contributed by atoms with E-state index in [4.69, 9.17) is 14.4 Å². The highest BCUT2D eigenvalue weighted by molar-refractivity contribution is 6.10.